The first-order valence-electron chi connectivity index (χ1n) is 5.28. The van der Waals surface area contributed by atoms with Crippen LogP contribution < -0.4 is 10.6 Å². The quantitative estimate of drug-likeness (QED) is 0.455. The molecule has 0 heterocycles. The minimum atomic E-state index is -2.51. The van der Waals surface area contributed by atoms with Gasteiger partial charge in [-0.05, 0) is 12.1 Å². The molecule has 0 aromatic heterocycles. The number of alkyl halides is 2. The van der Waals surface area contributed by atoms with Crippen molar-refractivity contribution in [2.24, 2.45) is 0 Å². The minimum absolute atomic E-state index is 0.111. The zero-order valence-corrected chi connectivity index (χ0v) is 10.5. The monoisotopic (exact) mass is 272 g/mol. The normalized spacial score (nSPS) is 10.4. The van der Waals surface area contributed by atoms with Crippen molar-refractivity contribution >= 4 is 23.4 Å². The lowest BCUT2D eigenvalue weighted by atomic mass is 10.3. The summed E-state index contributed by atoms with van der Waals surface area (Å²) in [6.45, 7) is 4.13. The van der Waals surface area contributed by atoms with Crippen molar-refractivity contribution in [2.75, 3.05) is 18.4 Å². The summed E-state index contributed by atoms with van der Waals surface area (Å²) < 4.78 is 24.6. The Bertz CT molecular complexity index is 413. The van der Waals surface area contributed by atoms with Crippen LogP contribution >= 0.6 is 11.8 Å². The van der Waals surface area contributed by atoms with E-state index in [0.29, 0.717) is 28.9 Å². The summed E-state index contributed by atoms with van der Waals surface area (Å²) in [5.74, 6) is -2.79. The predicted molar refractivity (Wildman–Crippen MR) is 70.0 cm³/mol. The van der Waals surface area contributed by atoms with Gasteiger partial charge < -0.3 is 10.6 Å². The highest BCUT2D eigenvalue weighted by molar-refractivity contribution is 7.99. The average Bonchev–Trinajstić information content (AvgIpc) is 2.31. The third-order valence-electron chi connectivity index (χ3n) is 1.95. The van der Waals surface area contributed by atoms with E-state index < -0.39 is 5.76 Å². The molecule has 1 aromatic carbocycles. The molecule has 1 rings (SSSR count). The Morgan fingerprint density at radius 3 is 2.83 bits per heavy atom. The molecule has 0 atom stereocenters. The van der Waals surface area contributed by atoms with Crippen molar-refractivity contribution in [3.8, 4) is 0 Å². The maximum Gasteiger partial charge on any atom is 0.288 e. The first-order valence-corrected chi connectivity index (χ1v) is 6.16. The second-order valence-electron chi connectivity index (χ2n) is 3.34. The summed E-state index contributed by atoms with van der Waals surface area (Å²) in [6.07, 6.45) is 1.63. The lowest BCUT2D eigenvalue weighted by Gasteiger charge is -2.10. The summed E-state index contributed by atoms with van der Waals surface area (Å²) in [5, 5.41) is 5.42. The third kappa shape index (κ3) is 5.29. The number of para-hydroxylation sites is 1. The average molecular weight is 272 g/mol. The first kappa shape index (κ1) is 14.7. The molecule has 0 saturated carbocycles. The number of hydrogen-bond acceptors (Lipinski definition) is 3. The van der Waals surface area contributed by atoms with Crippen LogP contribution in [0.25, 0.3) is 0 Å². The Labute approximate surface area is 109 Å². The van der Waals surface area contributed by atoms with Gasteiger partial charge in [0.15, 0.2) is 0 Å². The molecule has 0 saturated heterocycles. The summed E-state index contributed by atoms with van der Waals surface area (Å²) in [4.78, 5) is 11.9. The largest absolute Gasteiger partial charge is 0.324 e. The second-order valence-corrected chi connectivity index (χ2v) is 4.37. The Morgan fingerprint density at radius 1 is 1.44 bits per heavy atom. The Kier molecular flexibility index (Phi) is 6.38. The summed E-state index contributed by atoms with van der Waals surface area (Å²) >= 11 is 0.411. The standard InChI is InChI=1S/C12H14F2N2OS/c1-2-7-15-8-11(17)16-9-5-3-4-6-10(9)18-12(13)14/h2-6,12,15H,1,7-8H2,(H,16,17). The smallest absolute Gasteiger partial charge is 0.288 e. The summed E-state index contributed by atoms with van der Waals surface area (Å²) in [5.41, 5.74) is 0.396. The highest BCUT2D eigenvalue weighted by Gasteiger charge is 2.11. The maximum absolute atomic E-state index is 12.3. The van der Waals surface area contributed by atoms with Gasteiger partial charge in [0.1, 0.15) is 0 Å². The highest BCUT2D eigenvalue weighted by Crippen LogP contribution is 2.31. The number of benzene rings is 1. The van der Waals surface area contributed by atoms with Crippen LogP contribution in [0.1, 0.15) is 0 Å². The molecule has 0 aliphatic rings. The van der Waals surface area contributed by atoms with Crippen LogP contribution in [0.3, 0.4) is 0 Å². The topological polar surface area (TPSA) is 41.1 Å². The Balaban J connectivity index is 2.60. The molecule has 1 amide bonds. The van der Waals surface area contributed by atoms with E-state index in [1.165, 1.54) is 0 Å². The Morgan fingerprint density at radius 2 is 2.17 bits per heavy atom. The van der Waals surface area contributed by atoms with Crippen molar-refractivity contribution in [3.05, 3.63) is 36.9 Å². The van der Waals surface area contributed by atoms with Crippen molar-refractivity contribution in [1.82, 2.24) is 5.32 Å². The van der Waals surface area contributed by atoms with E-state index >= 15 is 0 Å². The molecule has 6 heteroatoms. The van der Waals surface area contributed by atoms with Crippen LogP contribution in [0.5, 0.6) is 0 Å². The minimum Gasteiger partial charge on any atom is -0.324 e. The van der Waals surface area contributed by atoms with Crippen LogP contribution in [-0.2, 0) is 4.79 Å². The molecule has 0 bridgehead atoms. The summed E-state index contributed by atoms with van der Waals surface area (Å²) in [7, 11) is 0. The molecule has 2 N–H and O–H groups in total. The van der Waals surface area contributed by atoms with E-state index in [4.69, 9.17) is 0 Å². The fourth-order valence-electron chi connectivity index (χ4n) is 1.25. The number of rotatable bonds is 7. The van der Waals surface area contributed by atoms with Crippen LogP contribution in [-0.4, -0.2) is 24.8 Å². The number of thioether (sulfide) groups is 1. The molecule has 0 spiro atoms. The van der Waals surface area contributed by atoms with Crippen LogP contribution in [0, 0.1) is 0 Å². The van der Waals surface area contributed by atoms with E-state index in [0.717, 1.165) is 0 Å². The maximum atomic E-state index is 12.3. The van der Waals surface area contributed by atoms with Gasteiger partial charge in [-0.3, -0.25) is 4.79 Å². The van der Waals surface area contributed by atoms with Gasteiger partial charge in [-0.1, -0.05) is 30.0 Å². The van der Waals surface area contributed by atoms with Crippen LogP contribution in [0.2, 0.25) is 0 Å². The van der Waals surface area contributed by atoms with Gasteiger partial charge >= 0.3 is 0 Å². The van der Waals surface area contributed by atoms with E-state index in [1.54, 1.807) is 30.3 Å². The van der Waals surface area contributed by atoms with Gasteiger partial charge in [0.25, 0.3) is 5.76 Å². The van der Waals surface area contributed by atoms with Gasteiger partial charge in [-0.25, -0.2) is 0 Å². The molecular formula is C12H14F2N2OS. The fraction of sp³-hybridized carbons (Fsp3) is 0.250. The third-order valence-corrected chi connectivity index (χ3v) is 2.74. The van der Waals surface area contributed by atoms with Gasteiger partial charge in [-0.2, -0.15) is 8.78 Å². The fourth-order valence-corrected chi connectivity index (χ4v) is 1.85. The molecule has 0 unspecified atom stereocenters. The van der Waals surface area contributed by atoms with E-state index in [-0.39, 0.29) is 12.5 Å². The number of carbonyl (C=O) groups is 1. The molecule has 0 fully saturated rings. The van der Waals surface area contributed by atoms with Gasteiger partial charge in [-0.15, -0.1) is 6.58 Å². The molecule has 98 valence electrons. The molecule has 0 aliphatic heterocycles. The number of anilines is 1. The Hall–Kier alpha value is -1.40. The SMILES string of the molecule is C=CCNCC(=O)Nc1ccccc1SC(F)F. The lowest BCUT2D eigenvalue weighted by Crippen LogP contribution is -2.28. The van der Waals surface area contributed by atoms with E-state index in [1.807, 2.05) is 0 Å². The number of halogens is 2. The van der Waals surface area contributed by atoms with Gasteiger partial charge in [0.2, 0.25) is 5.91 Å². The predicted octanol–water partition coefficient (Wildman–Crippen LogP) is 2.72. The van der Waals surface area contributed by atoms with Gasteiger partial charge in [0, 0.05) is 11.4 Å². The van der Waals surface area contributed by atoms with Crippen molar-refractivity contribution < 1.29 is 13.6 Å². The van der Waals surface area contributed by atoms with Crippen LogP contribution in [0.4, 0.5) is 14.5 Å². The van der Waals surface area contributed by atoms with Crippen molar-refractivity contribution in [3.63, 3.8) is 0 Å². The zero-order valence-electron chi connectivity index (χ0n) is 9.66. The summed E-state index contributed by atoms with van der Waals surface area (Å²) in [6, 6.07) is 6.47. The number of carbonyl (C=O) groups excluding carboxylic acids is 1. The number of nitrogens with one attached hydrogen (secondary N) is 2. The zero-order chi connectivity index (χ0) is 13.4. The van der Waals surface area contributed by atoms with Crippen molar-refractivity contribution in [2.45, 2.75) is 10.7 Å². The molecule has 0 radical (unpaired) electrons. The van der Waals surface area contributed by atoms with Crippen molar-refractivity contribution in [1.29, 1.82) is 0 Å². The molecule has 18 heavy (non-hydrogen) atoms. The molecule has 1 aromatic rings. The van der Waals surface area contributed by atoms with Crippen LogP contribution in [0.15, 0.2) is 41.8 Å². The van der Waals surface area contributed by atoms with Gasteiger partial charge in [0.05, 0.1) is 12.2 Å². The second kappa shape index (κ2) is 7.84. The number of hydrogen-bond donors (Lipinski definition) is 2. The lowest BCUT2D eigenvalue weighted by molar-refractivity contribution is -0.115. The molecular weight excluding hydrogens is 258 g/mol. The van der Waals surface area contributed by atoms with E-state index in [9.17, 15) is 13.6 Å². The highest BCUT2D eigenvalue weighted by atomic mass is 32.2. The number of amides is 1. The van der Waals surface area contributed by atoms with E-state index in [2.05, 4.69) is 17.2 Å². The molecule has 0 aliphatic carbocycles. The molecule has 3 nitrogen and oxygen atoms in total. The first-order chi connectivity index (χ1) is 8.63.